The summed E-state index contributed by atoms with van der Waals surface area (Å²) in [5, 5.41) is 11.7. The van der Waals surface area contributed by atoms with E-state index < -0.39 is 0 Å². The highest BCUT2D eigenvalue weighted by atomic mass is 16.1. The fraction of sp³-hybridized carbons (Fsp3) is 0.217. The molecule has 132 valence electrons. The van der Waals surface area contributed by atoms with Gasteiger partial charge >= 0.3 is 0 Å². The summed E-state index contributed by atoms with van der Waals surface area (Å²) in [4.78, 5) is 12.6. The molecule has 3 nitrogen and oxygen atoms in total. The maximum atomic E-state index is 12.6. The van der Waals surface area contributed by atoms with Crippen LogP contribution >= 0.6 is 0 Å². The van der Waals surface area contributed by atoms with Gasteiger partial charge in [-0.2, -0.15) is 5.26 Å². The van der Waals surface area contributed by atoms with Crippen LogP contribution in [0.2, 0.25) is 0 Å². The molecule has 2 aromatic rings. The lowest BCUT2D eigenvalue weighted by Gasteiger charge is -2.09. The van der Waals surface area contributed by atoms with Crippen LogP contribution in [0.4, 0.5) is 0 Å². The first-order valence-electron chi connectivity index (χ1n) is 8.65. The fourth-order valence-corrected chi connectivity index (χ4v) is 2.51. The second-order valence-corrected chi connectivity index (χ2v) is 6.58. The highest BCUT2D eigenvalue weighted by Crippen LogP contribution is 2.14. The predicted molar refractivity (Wildman–Crippen MR) is 107 cm³/mol. The van der Waals surface area contributed by atoms with Crippen LogP contribution in [0.15, 0.2) is 60.2 Å². The molecule has 0 saturated carbocycles. The number of carbonyl (C=O) groups excluding carboxylic acids is 1. The van der Waals surface area contributed by atoms with E-state index in [4.69, 9.17) is 5.26 Å². The van der Waals surface area contributed by atoms with Crippen molar-refractivity contribution in [2.45, 2.75) is 33.7 Å². The van der Waals surface area contributed by atoms with Crippen LogP contribution < -0.4 is 5.32 Å². The number of nitrogens with one attached hydrogen (secondary N) is 1. The lowest BCUT2D eigenvalue weighted by atomic mass is 10.0. The normalized spacial score (nSPS) is 10.4. The number of benzene rings is 2. The molecule has 1 N–H and O–H groups in total. The number of nitrogens with zero attached hydrogens (tertiary/aromatic N) is 1. The molecule has 26 heavy (non-hydrogen) atoms. The predicted octanol–water partition coefficient (Wildman–Crippen LogP) is 4.97. The van der Waals surface area contributed by atoms with E-state index in [1.807, 2.05) is 55.5 Å². The van der Waals surface area contributed by atoms with Gasteiger partial charge in [-0.15, -0.1) is 0 Å². The smallest absolute Gasteiger partial charge is 0.251 e. The molecular weight excluding hydrogens is 320 g/mol. The minimum atomic E-state index is -0.115. The Morgan fingerprint density at radius 3 is 2.50 bits per heavy atom. The number of aryl methyl sites for hydroxylation is 1. The molecule has 0 radical (unpaired) electrons. The first-order chi connectivity index (χ1) is 12.5. The summed E-state index contributed by atoms with van der Waals surface area (Å²) in [5.41, 5.74) is 6.00. The Bertz CT molecular complexity index is 864. The summed E-state index contributed by atoms with van der Waals surface area (Å²) in [6.07, 6.45) is 6.03. The molecule has 0 aliphatic carbocycles. The molecule has 0 aromatic heterocycles. The van der Waals surface area contributed by atoms with E-state index in [0.29, 0.717) is 12.1 Å². The summed E-state index contributed by atoms with van der Waals surface area (Å²) in [6, 6.07) is 15.8. The Hall–Kier alpha value is -3.12. The number of hydrogen-bond donors (Lipinski definition) is 1. The lowest BCUT2D eigenvalue weighted by molar-refractivity contribution is 0.0951. The Kier molecular flexibility index (Phi) is 6.93. The van der Waals surface area contributed by atoms with Crippen LogP contribution in [0.25, 0.3) is 6.08 Å². The van der Waals surface area contributed by atoms with Crippen LogP contribution in [-0.2, 0) is 13.0 Å². The molecule has 1 amide bonds. The highest BCUT2D eigenvalue weighted by molar-refractivity contribution is 5.95. The Morgan fingerprint density at radius 1 is 1.12 bits per heavy atom. The largest absolute Gasteiger partial charge is 0.348 e. The van der Waals surface area contributed by atoms with Gasteiger partial charge in [-0.05, 0) is 62.1 Å². The van der Waals surface area contributed by atoms with Gasteiger partial charge in [0.15, 0.2) is 0 Å². The van der Waals surface area contributed by atoms with Gasteiger partial charge in [-0.1, -0.05) is 47.5 Å². The fourth-order valence-electron chi connectivity index (χ4n) is 2.51. The van der Waals surface area contributed by atoms with Crippen LogP contribution in [-0.4, -0.2) is 5.91 Å². The minimum absolute atomic E-state index is 0.115. The van der Waals surface area contributed by atoms with E-state index in [1.54, 1.807) is 6.08 Å². The molecule has 2 aromatic carbocycles. The van der Waals surface area contributed by atoms with Gasteiger partial charge in [0, 0.05) is 18.2 Å². The third-order valence-corrected chi connectivity index (χ3v) is 3.95. The number of carbonyl (C=O) groups is 1. The van der Waals surface area contributed by atoms with Gasteiger partial charge in [-0.3, -0.25) is 4.79 Å². The summed E-state index contributed by atoms with van der Waals surface area (Å²) < 4.78 is 0. The Balaban J connectivity index is 2.19. The second-order valence-electron chi connectivity index (χ2n) is 6.58. The summed E-state index contributed by atoms with van der Waals surface area (Å²) >= 11 is 0. The molecule has 0 aliphatic heterocycles. The quantitative estimate of drug-likeness (QED) is 0.594. The van der Waals surface area contributed by atoms with E-state index in [1.165, 1.54) is 17.2 Å². The maximum absolute atomic E-state index is 12.6. The van der Waals surface area contributed by atoms with Crippen molar-refractivity contribution in [3.63, 3.8) is 0 Å². The van der Waals surface area contributed by atoms with Crippen molar-refractivity contribution in [2.75, 3.05) is 0 Å². The third kappa shape index (κ3) is 6.07. The van der Waals surface area contributed by atoms with E-state index >= 15 is 0 Å². The minimum Gasteiger partial charge on any atom is -0.348 e. The number of allylic oxidation sites excluding steroid dienone is 3. The molecular formula is C23H24N2O. The van der Waals surface area contributed by atoms with Crippen molar-refractivity contribution < 1.29 is 4.79 Å². The lowest BCUT2D eigenvalue weighted by Crippen LogP contribution is -2.23. The average Bonchev–Trinajstić information content (AvgIpc) is 2.63. The van der Waals surface area contributed by atoms with Crippen molar-refractivity contribution in [3.05, 3.63) is 88.0 Å². The molecule has 2 rings (SSSR count). The molecule has 0 aliphatic rings. The zero-order chi connectivity index (χ0) is 18.9. The van der Waals surface area contributed by atoms with Crippen molar-refractivity contribution in [1.82, 2.24) is 5.32 Å². The topological polar surface area (TPSA) is 52.9 Å². The van der Waals surface area contributed by atoms with Gasteiger partial charge in [-0.25, -0.2) is 0 Å². The molecule has 0 saturated heterocycles. The van der Waals surface area contributed by atoms with Gasteiger partial charge in [0.2, 0.25) is 0 Å². The second kappa shape index (κ2) is 9.39. The first kappa shape index (κ1) is 19.2. The molecule has 0 atom stereocenters. The van der Waals surface area contributed by atoms with E-state index in [2.05, 4.69) is 25.2 Å². The monoisotopic (exact) mass is 344 g/mol. The van der Waals surface area contributed by atoms with Crippen molar-refractivity contribution >= 4 is 12.0 Å². The van der Waals surface area contributed by atoms with Gasteiger partial charge in [0.25, 0.3) is 5.91 Å². The molecule has 0 spiro atoms. The van der Waals surface area contributed by atoms with Crippen LogP contribution in [0.3, 0.4) is 0 Å². The highest BCUT2D eigenvalue weighted by Gasteiger charge is 2.08. The van der Waals surface area contributed by atoms with E-state index in [-0.39, 0.29) is 5.91 Å². The average molecular weight is 344 g/mol. The van der Waals surface area contributed by atoms with Crippen molar-refractivity contribution in [3.8, 4) is 6.07 Å². The van der Waals surface area contributed by atoms with Crippen LogP contribution in [0.1, 0.15) is 46.5 Å². The number of hydrogen-bond acceptors (Lipinski definition) is 2. The Labute approximate surface area is 155 Å². The van der Waals surface area contributed by atoms with Crippen LogP contribution in [0, 0.1) is 18.3 Å². The first-order valence-corrected chi connectivity index (χ1v) is 8.65. The molecule has 0 heterocycles. The van der Waals surface area contributed by atoms with Gasteiger partial charge < -0.3 is 5.32 Å². The van der Waals surface area contributed by atoms with Crippen LogP contribution in [0.5, 0.6) is 0 Å². The molecule has 3 heteroatoms. The summed E-state index contributed by atoms with van der Waals surface area (Å²) in [6.45, 7) is 6.63. The molecule has 0 unspecified atom stereocenters. The maximum Gasteiger partial charge on any atom is 0.251 e. The number of amides is 1. The van der Waals surface area contributed by atoms with E-state index in [0.717, 1.165) is 23.1 Å². The summed E-state index contributed by atoms with van der Waals surface area (Å²) in [5.74, 6) is -0.115. The zero-order valence-corrected chi connectivity index (χ0v) is 15.5. The molecule has 0 fully saturated rings. The van der Waals surface area contributed by atoms with Crippen molar-refractivity contribution in [2.24, 2.45) is 0 Å². The molecule has 0 bridgehead atoms. The Morgan fingerprint density at radius 2 is 1.85 bits per heavy atom. The zero-order valence-electron chi connectivity index (χ0n) is 15.5. The standard InChI is InChI=1S/C23H24N2O/c1-17(2)6-9-21-13-20(5-4-12-24)14-22(15-21)23(26)25-16-19-10-7-18(3)8-11-19/h4-8,10-11,13-15H,9,16H2,1-3H3,(H,25,26)/b5-4+. The summed E-state index contributed by atoms with van der Waals surface area (Å²) in [7, 11) is 0. The third-order valence-electron chi connectivity index (χ3n) is 3.95. The number of rotatable bonds is 6. The SMILES string of the molecule is CC(C)=CCc1cc(/C=C/C#N)cc(C(=O)NCc2ccc(C)cc2)c1. The van der Waals surface area contributed by atoms with Gasteiger partial charge in [0.1, 0.15) is 0 Å². The number of nitriles is 1. The van der Waals surface area contributed by atoms with Crippen molar-refractivity contribution in [1.29, 1.82) is 5.26 Å². The van der Waals surface area contributed by atoms with E-state index in [9.17, 15) is 4.79 Å². The van der Waals surface area contributed by atoms with Gasteiger partial charge in [0.05, 0.1) is 6.07 Å².